The largest absolute Gasteiger partial charge is 0.379 e. The van der Waals surface area contributed by atoms with Gasteiger partial charge in [-0.25, -0.2) is 0 Å². The van der Waals surface area contributed by atoms with E-state index in [0.717, 1.165) is 30.9 Å². The standard InChI is InChI=1S/C13H23BrO2/c1-2-11-3-6-13(10-14,7-4-11)16-12-5-8-15-9-12/h11-12H,2-10H2,1H3. The lowest BCUT2D eigenvalue weighted by Gasteiger charge is -2.40. The average molecular weight is 291 g/mol. The van der Waals surface area contributed by atoms with E-state index in [1.165, 1.54) is 32.1 Å². The molecule has 0 aromatic carbocycles. The van der Waals surface area contributed by atoms with Gasteiger partial charge in [-0.2, -0.15) is 0 Å². The number of ether oxygens (including phenoxy) is 2. The average Bonchev–Trinajstić information content (AvgIpc) is 2.83. The van der Waals surface area contributed by atoms with E-state index in [1.54, 1.807) is 0 Å². The lowest BCUT2D eigenvalue weighted by molar-refractivity contribution is -0.104. The van der Waals surface area contributed by atoms with Crippen molar-refractivity contribution < 1.29 is 9.47 Å². The van der Waals surface area contributed by atoms with Crippen LogP contribution in [0.3, 0.4) is 0 Å². The summed E-state index contributed by atoms with van der Waals surface area (Å²) in [4.78, 5) is 0. The first-order valence-corrected chi connectivity index (χ1v) is 7.71. The highest BCUT2D eigenvalue weighted by molar-refractivity contribution is 9.09. The predicted octanol–water partition coefficient (Wildman–Crippen LogP) is 3.53. The molecule has 0 spiro atoms. The Kier molecular flexibility index (Phi) is 4.68. The third kappa shape index (κ3) is 2.99. The van der Waals surface area contributed by atoms with Crippen LogP contribution in [0.4, 0.5) is 0 Å². The molecule has 16 heavy (non-hydrogen) atoms. The fourth-order valence-corrected chi connectivity index (χ4v) is 3.55. The maximum atomic E-state index is 6.31. The molecule has 2 fully saturated rings. The number of alkyl halides is 1. The molecule has 0 N–H and O–H groups in total. The SMILES string of the molecule is CCC1CCC(CBr)(OC2CCOC2)CC1. The number of hydrogen-bond donors (Lipinski definition) is 0. The Hall–Kier alpha value is 0.400. The number of rotatable bonds is 4. The van der Waals surface area contributed by atoms with E-state index < -0.39 is 0 Å². The fourth-order valence-electron chi connectivity index (χ4n) is 2.85. The van der Waals surface area contributed by atoms with E-state index in [9.17, 15) is 0 Å². The second kappa shape index (κ2) is 5.83. The molecular formula is C13H23BrO2. The molecule has 1 unspecified atom stereocenters. The Labute approximate surface area is 107 Å². The van der Waals surface area contributed by atoms with Gasteiger partial charge < -0.3 is 9.47 Å². The molecule has 0 aromatic heterocycles. The van der Waals surface area contributed by atoms with Gasteiger partial charge in [0.25, 0.3) is 0 Å². The summed E-state index contributed by atoms with van der Waals surface area (Å²) in [5.41, 5.74) is 0.101. The topological polar surface area (TPSA) is 18.5 Å². The molecule has 1 heterocycles. The van der Waals surface area contributed by atoms with Gasteiger partial charge in [-0.1, -0.05) is 29.3 Å². The van der Waals surface area contributed by atoms with Crippen LogP contribution in [0.5, 0.6) is 0 Å². The van der Waals surface area contributed by atoms with Crippen molar-refractivity contribution in [3.05, 3.63) is 0 Å². The lowest BCUT2D eigenvalue weighted by atomic mass is 9.78. The molecule has 94 valence electrons. The van der Waals surface area contributed by atoms with Gasteiger partial charge >= 0.3 is 0 Å². The van der Waals surface area contributed by atoms with Crippen molar-refractivity contribution in [3.8, 4) is 0 Å². The molecule has 0 bridgehead atoms. The van der Waals surface area contributed by atoms with Gasteiger partial charge in [0, 0.05) is 11.9 Å². The van der Waals surface area contributed by atoms with Crippen LogP contribution in [0.25, 0.3) is 0 Å². The van der Waals surface area contributed by atoms with Crippen molar-refractivity contribution in [2.45, 2.75) is 57.2 Å². The molecule has 1 saturated heterocycles. The molecule has 1 aliphatic carbocycles. The zero-order valence-electron chi connectivity index (χ0n) is 10.2. The summed E-state index contributed by atoms with van der Waals surface area (Å²) in [6.07, 6.45) is 7.83. The summed E-state index contributed by atoms with van der Waals surface area (Å²) in [5, 5.41) is 0.979. The van der Waals surface area contributed by atoms with Gasteiger partial charge in [-0.05, 0) is 38.0 Å². The molecule has 0 aromatic rings. The monoisotopic (exact) mass is 290 g/mol. The predicted molar refractivity (Wildman–Crippen MR) is 69.1 cm³/mol. The summed E-state index contributed by atoms with van der Waals surface area (Å²) < 4.78 is 11.7. The zero-order chi connectivity index (χ0) is 11.4. The van der Waals surface area contributed by atoms with Crippen molar-refractivity contribution in [2.24, 2.45) is 5.92 Å². The van der Waals surface area contributed by atoms with Gasteiger partial charge in [0.1, 0.15) is 0 Å². The van der Waals surface area contributed by atoms with E-state index in [0.29, 0.717) is 6.10 Å². The van der Waals surface area contributed by atoms with E-state index >= 15 is 0 Å². The Morgan fingerprint density at radius 2 is 2.06 bits per heavy atom. The number of halogens is 1. The summed E-state index contributed by atoms with van der Waals surface area (Å²) in [6.45, 7) is 3.98. The van der Waals surface area contributed by atoms with Crippen molar-refractivity contribution in [1.29, 1.82) is 0 Å². The van der Waals surface area contributed by atoms with Crippen LogP contribution in [-0.4, -0.2) is 30.2 Å². The van der Waals surface area contributed by atoms with Gasteiger partial charge in [0.2, 0.25) is 0 Å². The minimum Gasteiger partial charge on any atom is -0.379 e. The summed E-state index contributed by atoms with van der Waals surface area (Å²) >= 11 is 3.65. The Morgan fingerprint density at radius 1 is 1.31 bits per heavy atom. The van der Waals surface area contributed by atoms with Crippen molar-refractivity contribution in [1.82, 2.24) is 0 Å². The molecule has 2 aliphatic rings. The third-order valence-electron chi connectivity index (χ3n) is 4.14. The minimum absolute atomic E-state index is 0.101. The molecular weight excluding hydrogens is 268 g/mol. The van der Waals surface area contributed by atoms with E-state index in [1.807, 2.05) is 0 Å². The van der Waals surface area contributed by atoms with Crippen molar-refractivity contribution in [2.75, 3.05) is 18.5 Å². The summed E-state index contributed by atoms with van der Waals surface area (Å²) in [7, 11) is 0. The minimum atomic E-state index is 0.101. The first kappa shape index (κ1) is 12.8. The Bertz CT molecular complexity index is 206. The quantitative estimate of drug-likeness (QED) is 0.738. The maximum absolute atomic E-state index is 6.31. The van der Waals surface area contributed by atoms with Gasteiger partial charge in [0.05, 0.1) is 18.3 Å². The van der Waals surface area contributed by atoms with Crippen LogP contribution in [0, 0.1) is 5.92 Å². The highest BCUT2D eigenvalue weighted by Gasteiger charge is 2.37. The fraction of sp³-hybridized carbons (Fsp3) is 1.00. The second-order valence-corrected chi connectivity index (χ2v) is 5.83. The summed E-state index contributed by atoms with van der Waals surface area (Å²) in [5.74, 6) is 0.926. The Balaban J connectivity index is 1.87. The molecule has 0 amide bonds. The van der Waals surface area contributed by atoms with E-state index in [-0.39, 0.29) is 5.60 Å². The molecule has 1 saturated carbocycles. The number of hydrogen-bond acceptors (Lipinski definition) is 2. The van der Waals surface area contributed by atoms with Gasteiger partial charge in [-0.15, -0.1) is 0 Å². The van der Waals surface area contributed by atoms with Crippen molar-refractivity contribution in [3.63, 3.8) is 0 Å². The van der Waals surface area contributed by atoms with E-state index in [4.69, 9.17) is 9.47 Å². The van der Waals surface area contributed by atoms with Gasteiger partial charge in [0.15, 0.2) is 0 Å². The van der Waals surface area contributed by atoms with Crippen LogP contribution in [0.1, 0.15) is 45.4 Å². The van der Waals surface area contributed by atoms with Crippen LogP contribution in [-0.2, 0) is 9.47 Å². The third-order valence-corrected chi connectivity index (χ3v) is 5.16. The maximum Gasteiger partial charge on any atom is 0.0838 e. The lowest BCUT2D eigenvalue weighted by Crippen LogP contribution is -2.42. The Morgan fingerprint density at radius 3 is 2.56 bits per heavy atom. The summed E-state index contributed by atoms with van der Waals surface area (Å²) in [6, 6.07) is 0. The van der Waals surface area contributed by atoms with Crippen LogP contribution in [0.2, 0.25) is 0 Å². The second-order valence-electron chi connectivity index (χ2n) is 5.27. The first-order valence-electron chi connectivity index (χ1n) is 6.59. The van der Waals surface area contributed by atoms with Crippen molar-refractivity contribution >= 4 is 15.9 Å². The van der Waals surface area contributed by atoms with E-state index in [2.05, 4.69) is 22.9 Å². The molecule has 0 radical (unpaired) electrons. The van der Waals surface area contributed by atoms with Crippen LogP contribution >= 0.6 is 15.9 Å². The first-order chi connectivity index (χ1) is 7.78. The molecule has 1 aliphatic heterocycles. The normalized spacial score (nSPS) is 40.1. The highest BCUT2D eigenvalue weighted by atomic mass is 79.9. The van der Waals surface area contributed by atoms with Crippen LogP contribution < -0.4 is 0 Å². The molecule has 1 atom stereocenters. The van der Waals surface area contributed by atoms with Crippen LogP contribution in [0.15, 0.2) is 0 Å². The smallest absolute Gasteiger partial charge is 0.0838 e. The van der Waals surface area contributed by atoms with Gasteiger partial charge in [-0.3, -0.25) is 0 Å². The molecule has 2 rings (SSSR count). The zero-order valence-corrected chi connectivity index (χ0v) is 11.8. The molecule has 3 heteroatoms. The highest BCUT2D eigenvalue weighted by Crippen LogP contribution is 2.38. The molecule has 2 nitrogen and oxygen atoms in total.